The second-order valence-corrected chi connectivity index (χ2v) is 6.47. The molecule has 4 aromatic carbocycles. The molecule has 2 N–H and O–H groups in total. The molecule has 28 heavy (non-hydrogen) atoms. The van der Waals surface area contributed by atoms with E-state index in [-0.39, 0.29) is 26.4 Å². The molecule has 142 valence electrons. The van der Waals surface area contributed by atoms with E-state index < -0.39 is 0 Å². The number of benzene rings is 4. The Balaban J connectivity index is 2.06. The maximum atomic E-state index is 9.34. The molecule has 4 heteroatoms. The summed E-state index contributed by atoms with van der Waals surface area (Å²) in [6.45, 7) is 0.144. The molecule has 0 saturated heterocycles. The van der Waals surface area contributed by atoms with Crippen LogP contribution in [-0.4, -0.2) is 36.6 Å². The average Bonchev–Trinajstić information content (AvgIpc) is 2.75. The Morgan fingerprint density at radius 2 is 1.29 bits per heavy atom. The molecule has 0 radical (unpaired) electrons. The van der Waals surface area contributed by atoms with Crippen molar-refractivity contribution >= 4 is 21.5 Å². The third-order valence-corrected chi connectivity index (χ3v) is 4.71. The van der Waals surface area contributed by atoms with Crippen LogP contribution in [0.15, 0.2) is 72.8 Å². The van der Waals surface area contributed by atoms with Gasteiger partial charge in [-0.1, -0.05) is 66.7 Å². The van der Waals surface area contributed by atoms with E-state index in [4.69, 9.17) is 9.47 Å². The summed E-state index contributed by atoms with van der Waals surface area (Å²) in [5.41, 5.74) is 1.97. The minimum atomic E-state index is -0.0960. The van der Waals surface area contributed by atoms with Gasteiger partial charge in [0, 0.05) is 5.56 Å². The van der Waals surface area contributed by atoms with Crippen molar-refractivity contribution in [1.82, 2.24) is 0 Å². The van der Waals surface area contributed by atoms with Crippen molar-refractivity contribution in [2.24, 2.45) is 0 Å². The summed E-state index contributed by atoms with van der Waals surface area (Å²) in [7, 11) is 0. The average molecular weight is 374 g/mol. The van der Waals surface area contributed by atoms with Crippen molar-refractivity contribution in [2.75, 3.05) is 26.4 Å². The number of aliphatic hydroxyl groups excluding tert-OH is 2. The largest absolute Gasteiger partial charge is 0.487 e. The fraction of sp³-hybridized carbons (Fsp3) is 0.167. The van der Waals surface area contributed by atoms with Crippen LogP contribution in [0.25, 0.3) is 32.7 Å². The first-order valence-electron chi connectivity index (χ1n) is 9.34. The number of aliphatic hydroxyl groups is 2. The number of hydrogen-bond acceptors (Lipinski definition) is 4. The second kappa shape index (κ2) is 8.30. The van der Waals surface area contributed by atoms with E-state index in [1.165, 1.54) is 0 Å². The Hall–Kier alpha value is -3.08. The highest BCUT2D eigenvalue weighted by atomic mass is 16.5. The Labute approximate surface area is 163 Å². The molecule has 4 aromatic rings. The van der Waals surface area contributed by atoms with E-state index in [1.807, 2.05) is 42.5 Å². The first kappa shape index (κ1) is 18.3. The minimum absolute atomic E-state index is 0.0874. The van der Waals surface area contributed by atoms with Crippen molar-refractivity contribution in [3.63, 3.8) is 0 Å². The van der Waals surface area contributed by atoms with Crippen LogP contribution < -0.4 is 9.47 Å². The van der Waals surface area contributed by atoms with Gasteiger partial charge >= 0.3 is 0 Å². The van der Waals surface area contributed by atoms with Crippen molar-refractivity contribution in [3.05, 3.63) is 72.8 Å². The fourth-order valence-corrected chi connectivity index (χ4v) is 3.57. The molecule has 0 fully saturated rings. The lowest BCUT2D eigenvalue weighted by Gasteiger charge is -2.20. The Bertz CT molecular complexity index is 1100. The van der Waals surface area contributed by atoms with E-state index in [0.717, 1.165) is 32.7 Å². The summed E-state index contributed by atoms with van der Waals surface area (Å²) in [4.78, 5) is 0. The van der Waals surface area contributed by atoms with E-state index in [9.17, 15) is 10.2 Å². The minimum Gasteiger partial charge on any atom is -0.487 e. The molecule has 0 heterocycles. The molecule has 0 aliphatic carbocycles. The molecular weight excluding hydrogens is 352 g/mol. The zero-order chi connectivity index (χ0) is 19.3. The van der Waals surface area contributed by atoms with Gasteiger partial charge in [-0.3, -0.25) is 0 Å². The predicted octanol–water partition coefficient (Wildman–Crippen LogP) is 4.40. The highest BCUT2D eigenvalue weighted by molar-refractivity contribution is 6.08. The third-order valence-electron chi connectivity index (χ3n) is 4.71. The van der Waals surface area contributed by atoms with Crippen LogP contribution >= 0.6 is 0 Å². The van der Waals surface area contributed by atoms with Gasteiger partial charge in [0.25, 0.3) is 0 Å². The SMILES string of the molecule is OCCOc1cc2ccccc2c(-c2cccc3ccccc23)c1OCCO. The zero-order valence-electron chi connectivity index (χ0n) is 15.5. The lowest BCUT2D eigenvalue weighted by Crippen LogP contribution is -2.08. The van der Waals surface area contributed by atoms with Crippen LogP contribution in [-0.2, 0) is 0 Å². The van der Waals surface area contributed by atoms with Crippen molar-refractivity contribution in [1.29, 1.82) is 0 Å². The smallest absolute Gasteiger partial charge is 0.169 e. The first-order chi connectivity index (χ1) is 13.8. The standard InChI is InChI=1S/C24H22O4/c25-12-14-27-22-16-18-7-2-4-10-20(18)23(24(22)28-15-13-26)21-11-5-8-17-6-1-3-9-19(17)21/h1-11,16,25-26H,12-15H2. The van der Waals surface area contributed by atoms with E-state index in [2.05, 4.69) is 30.3 Å². The molecule has 0 amide bonds. The van der Waals surface area contributed by atoms with Crippen LogP contribution in [0.5, 0.6) is 11.5 Å². The molecule has 4 rings (SSSR count). The molecule has 0 saturated carbocycles. The van der Waals surface area contributed by atoms with Gasteiger partial charge in [-0.05, 0) is 33.2 Å². The molecule has 0 bridgehead atoms. The molecule has 0 aliphatic heterocycles. The van der Waals surface area contributed by atoms with E-state index in [1.54, 1.807) is 0 Å². The number of hydrogen-bond donors (Lipinski definition) is 2. The van der Waals surface area contributed by atoms with Gasteiger partial charge in [0.1, 0.15) is 13.2 Å². The molecule has 0 aromatic heterocycles. The predicted molar refractivity (Wildman–Crippen MR) is 112 cm³/mol. The van der Waals surface area contributed by atoms with Gasteiger partial charge in [0.05, 0.1) is 13.2 Å². The Morgan fingerprint density at radius 3 is 2.07 bits per heavy atom. The third kappa shape index (κ3) is 3.40. The van der Waals surface area contributed by atoms with Gasteiger partial charge in [0.15, 0.2) is 11.5 Å². The first-order valence-corrected chi connectivity index (χ1v) is 9.34. The number of rotatable bonds is 7. The van der Waals surface area contributed by atoms with Crippen molar-refractivity contribution in [2.45, 2.75) is 0 Å². The van der Waals surface area contributed by atoms with Gasteiger partial charge in [-0.25, -0.2) is 0 Å². The van der Waals surface area contributed by atoms with E-state index >= 15 is 0 Å². The molecule has 0 aliphatic rings. The van der Waals surface area contributed by atoms with Crippen molar-refractivity contribution in [3.8, 4) is 22.6 Å². The maximum Gasteiger partial charge on any atom is 0.169 e. The number of ether oxygens (including phenoxy) is 2. The van der Waals surface area contributed by atoms with E-state index in [0.29, 0.717) is 11.5 Å². The second-order valence-electron chi connectivity index (χ2n) is 6.47. The van der Waals surface area contributed by atoms with Gasteiger partial charge in [-0.2, -0.15) is 0 Å². The topological polar surface area (TPSA) is 58.9 Å². The highest BCUT2D eigenvalue weighted by Gasteiger charge is 2.19. The Kier molecular flexibility index (Phi) is 5.42. The van der Waals surface area contributed by atoms with Crippen LogP contribution in [0.3, 0.4) is 0 Å². The van der Waals surface area contributed by atoms with Crippen LogP contribution in [0.4, 0.5) is 0 Å². The quantitative estimate of drug-likeness (QED) is 0.503. The maximum absolute atomic E-state index is 9.34. The van der Waals surface area contributed by atoms with Crippen LogP contribution in [0, 0.1) is 0 Å². The van der Waals surface area contributed by atoms with Crippen molar-refractivity contribution < 1.29 is 19.7 Å². The van der Waals surface area contributed by atoms with Crippen LogP contribution in [0.1, 0.15) is 0 Å². The lowest BCUT2D eigenvalue weighted by molar-refractivity contribution is 0.179. The highest BCUT2D eigenvalue weighted by Crippen LogP contribution is 2.46. The summed E-state index contributed by atoms with van der Waals surface area (Å²) >= 11 is 0. The summed E-state index contributed by atoms with van der Waals surface area (Å²) < 4.78 is 11.8. The molecule has 0 atom stereocenters. The molecular formula is C24H22O4. The summed E-state index contributed by atoms with van der Waals surface area (Å²) in [5.74, 6) is 1.14. The Morgan fingerprint density at radius 1 is 0.643 bits per heavy atom. The number of fused-ring (bicyclic) bond motifs is 2. The lowest BCUT2D eigenvalue weighted by atomic mass is 9.92. The van der Waals surface area contributed by atoms with Gasteiger partial charge in [-0.15, -0.1) is 0 Å². The summed E-state index contributed by atoms with van der Waals surface area (Å²) in [5, 5.41) is 22.9. The molecule has 0 unspecified atom stereocenters. The molecule has 4 nitrogen and oxygen atoms in total. The van der Waals surface area contributed by atoms with Gasteiger partial charge in [0.2, 0.25) is 0 Å². The van der Waals surface area contributed by atoms with Crippen LogP contribution in [0.2, 0.25) is 0 Å². The normalized spacial score (nSPS) is 11.1. The fourth-order valence-electron chi connectivity index (χ4n) is 3.57. The summed E-state index contributed by atoms with van der Waals surface area (Å²) in [6, 6.07) is 24.4. The zero-order valence-corrected chi connectivity index (χ0v) is 15.5. The van der Waals surface area contributed by atoms with Gasteiger partial charge < -0.3 is 19.7 Å². The molecule has 0 spiro atoms. The monoisotopic (exact) mass is 374 g/mol. The summed E-state index contributed by atoms with van der Waals surface area (Å²) in [6.07, 6.45) is 0.